The van der Waals surface area contributed by atoms with Gasteiger partial charge in [0.2, 0.25) is 0 Å². The van der Waals surface area contributed by atoms with Crippen molar-refractivity contribution in [3.05, 3.63) is 29.3 Å². The van der Waals surface area contributed by atoms with E-state index in [1.165, 1.54) is 0 Å². The van der Waals surface area contributed by atoms with Gasteiger partial charge in [-0.15, -0.1) is 0 Å². The van der Waals surface area contributed by atoms with Crippen LogP contribution in [0.15, 0.2) is 24.3 Å². The third-order valence-electron chi connectivity index (χ3n) is 5.16. The van der Waals surface area contributed by atoms with Gasteiger partial charge in [0.1, 0.15) is 12.4 Å². The first kappa shape index (κ1) is 21.1. The summed E-state index contributed by atoms with van der Waals surface area (Å²) in [6.45, 7) is 14.4. The minimum Gasteiger partial charge on any atom is -0.490 e. The Morgan fingerprint density at radius 1 is 1.38 bits per heavy atom. The number of carbonyl (C=O) groups excluding carboxylic acids is 1. The third kappa shape index (κ3) is 5.38. The van der Waals surface area contributed by atoms with Crippen molar-refractivity contribution in [1.82, 2.24) is 4.90 Å². The smallest absolute Gasteiger partial charge is 0.410 e. The van der Waals surface area contributed by atoms with Gasteiger partial charge in [0.05, 0.1) is 19.2 Å². The average Bonchev–Trinajstić information content (AvgIpc) is 2.91. The Morgan fingerprint density at radius 2 is 2.08 bits per heavy atom. The van der Waals surface area contributed by atoms with Crippen LogP contribution in [0.1, 0.15) is 27.7 Å². The van der Waals surface area contributed by atoms with E-state index in [1.54, 1.807) is 17.0 Å². The molecule has 7 heteroatoms. The second-order valence-electron chi connectivity index (χ2n) is 8.35. The monoisotopic (exact) mass is 399 g/mol. The number of cyclic esters (lactones) is 1. The molecular weight excluding hydrogens is 370 g/mol. The zero-order valence-corrected chi connectivity index (χ0v) is 18.3. The molecule has 5 nitrogen and oxygen atoms in total. The van der Waals surface area contributed by atoms with Crippen LogP contribution in [-0.2, 0) is 9.16 Å². The van der Waals surface area contributed by atoms with Crippen molar-refractivity contribution >= 4 is 26.0 Å². The van der Waals surface area contributed by atoms with Crippen LogP contribution in [-0.4, -0.2) is 51.2 Å². The van der Waals surface area contributed by atoms with E-state index >= 15 is 0 Å². The molecule has 0 N–H and O–H groups in total. The van der Waals surface area contributed by atoms with Crippen LogP contribution in [0.3, 0.4) is 0 Å². The maximum Gasteiger partial charge on any atom is 0.410 e. The van der Waals surface area contributed by atoms with Crippen molar-refractivity contribution in [1.29, 1.82) is 0 Å². The first-order chi connectivity index (χ1) is 12.0. The van der Waals surface area contributed by atoms with Gasteiger partial charge in [0.25, 0.3) is 0 Å². The Hall–Kier alpha value is -1.24. The van der Waals surface area contributed by atoms with Crippen molar-refractivity contribution in [3.8, 4) is 5.75 Å². The van der Waals surface area contributed by atoms with Crippen LogP contribution in [0, 0.1) is 0 Å². The summed E-state index contributed by atoms with van der Waals surface area (Å²) in [6, 6.07) is 7.15. The highest BCUT2D eigenvalue weighted by molar-refractivity contribution is 6.74. The van der Waals surface area contributed by atoms with Crippen molar-refractivity contribution in [2.45, 2.75) is 58.0 Å². The highest BCUT2D eigenvalue weighted by Crippen LogP contribution is 2.36. The SMILES string of the molecule is CC(CO[Si](C)(C)C(C)(C)C)N1CC(COc2cccc(Cl)c2)OC1=O. The number of amides is 1. The first-order valence-corrected chi connectivity index (χ1v) is 12.3. The third-order valence-corrected chi connectivity index (χ3v) is 9.89. The summed E-state index contributed by atoms with van der Waals surface area (Å²) in [5, 5.41) is 0.759. The van der Waals surface area contributed by atoms with Gasteiger partial charge >= 0.3 is 6.09 Å². The molecule has 0 radical (unpaired) electrons. The summed E-state index contributed by atoms with van der Waals surface area (Å²) in [7, 11) is -1.84. The molecule has 0 saturated carbocycles. The second kappa shape index (κ2) is 8.19. The number of hydrogen-bond donors (Lipinski definition) is 0. The van der Waals surface area contributed by atoms with Gasteiger partial charge in [0.15, 0.2) is 14.4 Å². The Balaban J connectivity index is 1.84. The van der Waals surface area contributed by atoms with Gasteiger partial charge in [-0.1, -0.05) is 38.4 Å². The van der Waals surface area contributed by atoms with Crippen LogP contribution in [0.5, 0.6) is 5.75 Å². The number of carbonyl (C=O) groups is 1. The van der Waals surface area contributed by atoms with E-state index < -0.39 is 8.32 Å². The van der Waals surface area contributed by atoms with E-state index in [1.807, 2.05) is 19.1 Å². The molecule has 146 valence electrons. The van der Waals surface area contributed by atoms with Crippen molar-refractivity contribution in [2.75, 3.05) is 19.8 Å². The molecule has 1 fully saturated rings. The van der Waals surface area contributed by atoms with Gasteiger partial charge in [-0.3, -0.25) is 4.90 Å². The van der Waals surface area contributed by atoms with Crippen LogP contribution >= 0.6 is 11.6 Å². The number of hydrogen-bond acceptors (Lipinski definition) is 4. The summed E-state index contributed by atoms with van der Waals surface area (Å²) in [5.74, 6) is 0.668. The van der Waals surface area contributed by atoms with Crippen molar-refractivity contribution < 1.29 is 18.7 Å². The van der Waals surface area contributed by atoms with E-state index in [4.69, 9.17) is 25.5 Å². The lowest BCUT2D eigenvalue weighted by Crippen LogP contribution is -2.46. The highest BCUT2D eigenvalue weighted by atomic mass is 35.5. The minimum absolute atomic E-state index is 0.0344. The molecule has 1 aliphatic rings. The zero-order valence-electron chi connectivity index (χ0n) is 16.5. The largest absolute Gasteiger partial charge is 0.490 e. The lowest BCUT2D eigenvalue weighted by atomic mass is 10.2. The molecule has 26 heavy (non-hydrogen) atoms. The molecule has 1 aliphatic heterocycles. The molecule has 0 aliphatic carbocycles. The molecule has 0 aromatic heterocycles. The van der Waals surface area contributed by atoms with Crippen molar-refractivity contribution in [2.24, 2.45) is 0 Å². The van der Waals surface area contributed by atoms with Crippen molar-refractivity contribution in [3.63, 3.8) is 0 Å². The number of nitrogens with zero attached hydrogens (tertiary/aromatic N) is 1. The van der Waals surface area contributed by atoms with Crippen LogP contribution in [0.25, 0.3) is 0 Å². The fourth-order valence-corrected chi connectivity index (χ4v) is 3.64. The van der Waals surface area contributed by atoms with Gasteiger partial charge in [-0.25, -0.2) is 4.79 Å². The number of ether oxygens (including phenoxy) is 2. The Kier molecular flexibility index (Phi) is 6.63. The molecule has 1 saturated heterocycles. The fraction of sp³-hybridized carbons (Fsp3) is 0.632. The number of benzene rings is 1. The van der Waals surface area contributed by atoms with E-state index in [0.29, 0.717) is 30.5 Å². The predicted molar refractivity (Wildman–Crippen MR) is 107 cm³/mol. The molecule has 1 heterocycles. The average molecular weight is 400 g/mol. The predicted octanol–water partition coefficient (Wildman–Crippen LogP) is 4.95. The van der Waals surface area contributed by atoms with E-state index in [0.717, 1.165) is 0 Å². The maximum absolute atomic E-state index is 12.2. The maximum atomic E-state index is 12.2. The molecular formula is C19H30ClNO4Si. The topological polar surface area (TPSA) is 48.0 Å². The Morgan fingerprint density at radius 3 is 2.69 bits per heavy atom. The van der Waals surface area contributed by atoms with E-state index in [2.05, 4.69) is 33.9 Å². The summed E-state index contributed by atoms with van der Waals surface area (Å²) in [6.07, 6.45) is -0.604. The summed E-state index contributed by atoms with van der Waals surface area (Å²) >= 11 is 5.95. The summed E-state index contributed by atoms with van der Waals surface area (Å²) < 4.78 is 17.4. The normalized spacial score (nSPS) is 19.4. The molecule has 2 unspecified atom stereocenters. The summed E-state index contributed by atoms with van der Waals surface area (Å²) in [4.78, 5) is 13.9. The molecule has 2 atom stereocenters. The molecule has 0 spiro atoms. The standard InChI is InChI=1S/C19H30ClNO4Si/c1-14(12-24-26(5,6)19(2,3)4)21-11-17(25-18(21)22)13-23-16-9-7-8-15(20)10-16/h7-10,14,17H,11-13H2,1-6H3. The van der Waals surface area contributed by atoms with Crippen LogP contribution in [0.4, 0.5) is 4.79 Å². The highest BCUT2D eigenvalue weighted by Gasteiger charge is 2.39. The van der Waals surface area contributed by atoms with Gasteiger partial charge in [0, 0.05) is 5.02 Å². The molecule has 2 rings (SSSR count). The fourth-order valence-electron chi connectivity index (χ4n) is 2.37. The van der Waals surface area contributed by atoms with E-state index in [-0.39, 0.29) is 23.3 Å². The second-order valence-corrected chi connectivity index (χ2v) is 13.6. The lowest BCUT2D eigenvalue weighted by molar-refractivity contribution is 0.1000. The summed E-state index contributed by atoms with van der Waals surface area (Å²) in [5.41, 5.74) is 0. The van der Waals surface area contributed by atoms with Gasteiger partial charge in [-0.2, -0.15) is 0 Å². The van der Waals surface area contributed by atoms with Crippen LogP contribution < -0.4 is 4.74 Å². The zero-order chi connectivity index (χ0) is 19.5. The quantitative estimate of drug-likeness (QED) is 0.608. The van der Waals surface area contributed by atoms with Gasteiger partial charge < -0.3 is 13.9 Å². The minimum atomic E-state index is -1.84. The Labute approximate surface area is 162 Å². The Bertz CT molecular complexity index is 632. The van der Waals surface area contributed by atoms with Crippen LogP contribution in [0.2, 0.25) is 23.2 Å². The number of halogens is 1. The van der Waals surface area contributed by atoms with Gasteiger partial charge in [-0.05, 0) is 43.3 Å². The lowest BCUT2D eigenvalue weighted by Gasteiger charge is -2.37. The molecule has 1 aromatic carbocycles. The molecule has 1 amide bonds. The number of rotatable bonds is 7. The molecule has 1 aromatic rings. The first-order valence-electron chi connectivity index (χ1n) is 8.99. The van der Waals surface area contributed by atoms with E-state index in [9.17, 15) is 4.79 Å². The molecule has 0 bridgehead atoms.